The van der Waals surface area contributed by atoms with Gasteiger partial charge in [0.15, 0.2) is 0 Å². The van der Waals surface area contributed by atoms with Gasteiger partial charge in [-0.2, -0.15) is 0 Å². The number of aliphatic hydroxyl groups is 1. The first-order chi connectivity index (χ1) is 5.20. The number of rotatable bonds is 5. The fourth-order valence-corrected chi connectivity index (χ4v) is 0.532. The zero-order chi connectivity index (χ0) is 8.69. The number of carbonyl (C=O) groups excluding carboxylic acids is 1. The molecule has 0 aromatic carbocycles. The second-order valence-electron chi connectivity index (χ2n) is 2.15. The molecule has 0 fully saturated rings. The molecule has 0 amide bonds. The van der Waals surface area contributed by atoms with E-state index in [1.165, 1.54) is 7.11 Å². The zero-order valence-electron chi connectivity index (χ0n) is 6.87. The van der Waals surface area contributed by atoms with Gasteiger partial charge in [-0.1, -0.05) is 6.92 Å². The number of ether oxygens (including phenoxy) is 2. The SMILES string of the molecule is CCC(=O)OCC(O)COC. The van der Waals surface area contributed by atoms with Gasteiger partial charge in [0, 0.05) is 13.5 Å². The topological polar surface area (TPSA) is 55.8 Å². The van der Waals surface area contributed by atoms with E-state index in [2.05, 4.69) is 9.47 Å². The summed E-state index contributed by atoms with van der Waals surface area (Å²) in [5.41, 5.74) is 0. The van der Waals surface area contributed by atoms with E-state index in [1.807, 2.05) is 0 Å². The maximum atomic E-state index is 10.5. The molecular weight excluding hydrogens is 148 g/mol. The lowest BCUT2D eigenvalue weighted by atomic mass is 10.4. The summed E-state index contributed by atoms with van der Waals surface area (Å²) in [7, 11) is 1.48. The minimum absolute atomic E-state index is 0.0144. The molecule has 4 heteroatoms. The largest absolute Gasteiger partial charge is 0.463 e. The Morgan fingerprint density at radius 1 is 1.55 bits per heavy atom. The molecule has 1 atom stereocenters. The van der Waals surface area contributed by atoms with Crippen molar-refractivity contribution < 1.29 is 19.4 Å². The summed E-state index contributed by atoms with van der Waals surface area (Å²) in [5, 5.41) is 8.99. The van der Waals surface area contributed by atoms with Gasteiger partial charge in [0.25, 0.3) is 0 Å². The molecule has 0 saturated heterocycles. The number of carbonyl (C=O) groups is 1. The normalized spacial score (nSPS) is 12.6. The maximum absolute atomic E-state index is 10.5. The lowest BCUT2D eigenvalue weighted by Gasteiger charge is -2.08. The maximum Gasteiger partial charge on any atom is 0.305 e. The van der Waals surface area contributed by atoms with Gasteiger partial charge in [0.2, 0.25) is 0 Å². The van der Waals surface area contributed by atoms with Gasteiger partial charge in [-0.15, -0.1) is 0 Å². The van der Waals surface area contributed by atoms with Crippen molar-refractivity contribution in [3.8, 4) is 0 Å². The Labute approximate surface area is 66.1 Å². The van der Waals surface area contributed by atoms with Crippen LogP contribution in [0, 0.1) is 0 Å². The van der Waals surface area contributed by atoms with Crippen molar-refractivity contribution >= 4 is 5.97 Å². The van der Waals surface area contributed by atoms with Crippen LogP contribution in [0.5, 0.6) is 0 Å². The molecule has 1 unspecified atom stereocenters. The highest BCUT2D eigenvalue weighted by Gasteiger charge is 2.05. The van der Waals surface area contributed by atoms with Crippen molar-refractivity contribution in [1.29, 1.82) is 0 Å². The molecule has 0 heterocycles. The molecular formula is C7H14O4. The average molecular weight is 162 g/mol. The molecule has 4 nitrogen and oxygen atoms in total. The summed E-state index contributed by atoms with van der Waals surface area (Å²) in [6, 6.07) is 0. The monoisotopic (exact) mass is 162 g/mol. The van der Waals surface area contributed by atoms with Crippen molar-refractivity contribution in [3.05, 3.63) is 0 Å². The smallest absolute Gasteiger partial charge is 0.305 e. The van der Waals surface area contributed by atoms with E-state index < -0.39 is 6.10 Å². The predicted octanol–water partition coefficient (Wildman–Crippen LogP) is -0.0531. The molecule has 0 rings (SSSR count). The van der Waals surface area contributed by atoms with Crippen LogP contribution in [0.4, 0.5) is 0 Å². The molecule has 1 N–H and O–H groups in total. The Morgan fingerprint density at radius 3 is 2.64 bits per heavy atom. The molecule has 0 spiro atoms. The standard InChI is InChI=1S/C7H14O4/c1-3-7(9)11-5-6(8)4-10-2/h6,8H,3-5H2,1-2H3. The highest BCUT2D eigenvalue weighted by Crippen LogP contribution is 1.89. The van der Waals surface area contributed by atoms with Gasteiger partial charge in [-0.05, 0) is 0 Å². The van der Waals surface area contributed by atoms with E-state index in [-0.39, 0.29) is 19.2 Å². The quantitative estimate of drug-likeness (QED) is 0.576. The predicted molar refractivity (Wildman–Crippen MR) is 39.1 cm³/mol. The summed E-state index contributed by atoms with van der Waals surface area (Å²) in [5.74, 6) is -0.305. The third kappa shape index (κ3) is 5.82. The summed E-state index contributed by atoms with van der Waals surface area (Å²) in [4.78, 5) is 10.5. The van der Waals surface area contributed by atoms with E-state index in [0.29, 0.717) is 6.42 Å². The van der Waals surface area contributed by atoms with Gasteiger partial charge in [-0.25, -0.2) is 0 Å². The lowest BCUT2D eigenvalue weighted by Crippen LogP contribution is -2.22. The molecule has 11 heavy (non-hydrogen) atoms. The fourth-order valence-electron chi connectivity index (χ4n) is 0.532. The van der Waals surface area contributed by atoms with Crippen molar-refractivity contribution in [2.24, 2.45) is 0 Å². The highest BCUT2D eigenvalue weighted by molar-refractivity contribution is 5.68. The molecule has 0 aromatic rings. The van der Waals surface area contributed by atoms with E-state index in [4.69, 9.17) is 5.11 Å². The van der Waals surface area contributed by atoms with Gasteiger partial charge in [0.05, 0.1) is 6.61 Å². The molecule has 0 bridgehead atoms. The van der Waals surface area contributed by atoms with Crippen LogP contribution in [0.1, 0.15) is 13.3 Å². The van der Waals surface area contributed by atoms with E-state index >= 15 is 0 Å². The van der Waals surface area contributed by atoms with Crippen molar-refractivity contribution in [2.75, 3.05) is 20.3 Å². The third-order valence-corrected chi connectivity index (χ3v) is 1.08. The Morgan fingerprint density at radius 2 is 2.18 bits per heavy atom. The average Bonchev–Trinajstić information content (AvgIpc) is 2.01. The molecule has 0 aliphatic carbocycles. The summed E-state index contributed by atoms with van der Waals surface area (Å²) in [6.07, 6.45) is -0.379. The number of aliphatic hydroxyl groups excluding tert-OH is 1. The first-order valence-corrected chi connectivity index (χ1v) is 3.53. The molecule has 0 aliphatic heterocycles. The molecule has 0 radical (unpaired) electrons. The highest BCUT2D eigenvalue weighted by atomic mass is 16.5. The number of hydrogen-bond acceptors (Lipinski definition) is 4. The lowest BCUT2D eigenvalue weighted by molar-refractivity contribution is -0.147. The van der Waals surface area contributed by atoms with Crippen LogP contribution in [-0.2, 0) is 14.3 Å². The first kappa shape index (κ1) is 10.4. The Kier molecular flexibility index (Phi) is 5.78. The molecule has 0 aromatic heterocycles. The van der Waals surface area contributed by atoms with Gasteiger partial charge >= 0.3 is 5.97 Å². The van der Waals surface area contributed by atoms with Crippen LogP contribution in [0.2, 0.25) is 0 Å². The third-order valence-electron chi connectivity index (χ3n) is 1.08. The van der Waals surface area contributed by atoms with E-state index in [1.54, 1.807) is 6.92 Å². The van der Waals surface area contributed by atoms with Crippen LogP contribution in [0.15, 0.2) is 0 Å². The molecule has 0 saturated carbocycles. The minimum Gasteiger partial charge on any atom is -0.463 e. The second kappa shape index (κ2) is 6.12. The van der Waals surface area contributed by atoms with Crippen LogP contribution in [-0.4, -0.2) is 37.5 Å². The minimum atomic E-state index is -0.713. The molecule has 66 valence electrons. The van der Waals surface area contributed by atoms with E-state index in [0.717, 1.165) is 0 Å². The van der Waals surface area contributed by atoms with Crippen LogP contribution in [0.3, 0.4) is 0 Å². The number of hydrogen-bond donors (Lipinski definition) is 1. The zero-order valence-corrected chi connectivity index (χ0v) is 6.87. The van der Waals surface area contributed by atoms with Crippen molar-refractivity contribution in [3.63, 3.8) is 0 Å². The van der Waals surface area contributed by atoms with Gasteiger partial charge in [-0.3, -0.25) is 4.79 Å². The molecule has 0 aliphatic rings. The van der Waals surface area contributed by atoms with Crippen molar-refractivity contribution in [1.82, 2.24) is 0 Å². The Hall–Kier alpha value is -0.610. The summed E-state index contributed by atoms with van der Waals surface area (Å²) in [6.45, 7) is 1.91. The second-order valence-corrected chi connectivity index (χ2v) is 2.15. The first-order valence-electron chi connectivity index (χ1n) is 3.53. The van der Waals surface area contributed by atoms with Crippen LogP contribution in [0.25, 0.3) is 0 Å². The summed E-state index contributed by atoms with van der Waals surface area (Å²) >= 11 is 0. The van der Waals surface area contributed by atoms with Crippen LogP contribution >= 0.6 is 0 Å². The van der Waals surface area contributed by atoms with Gasteiger partial charge < -0.3 is 14.6 Å². The van der Waals surface area contributed by atoms with E-state index in [9.17, 15) is 4.79 Å². The Bertz CT molecular complexity index is 113. The van der Waals surface area contributed by atoms with Crippen molar-refractivity contribution in [2.45, 2.75) is 19.4 Å². The van der Waals surface area contributed by atoms with Gasteiger partial charge in [0.1, 0.15) is 12.7 Å². The number of methoxy groups -OCH3 is 1. The fraction of sp³-hybridized carbons (Fsp3) is 0.857. The summed E-state index contributed by atoms with van der Waals surface area (Å²) < 4.78 is 9.26. The number of esters is 1. The Balaban J connectivity index is 3.29. The van der Waals surface area contributed by atoms with Crippen LogP contribution < -0.4 is 0 Å².